The molecule has 2 aromatic rings. The molecule has 0 radical (unpaired) electrons. The lowest BCUT2D eigenvalue weighted by molar-refractivity contribution is -0.137. The second-order valence-corrected chi connectivity index (χ2v) is 13.7. The quantitative estimate of drug-likeness (QED) is 0.427. The van der Waals surface area contributed by atoms with Crippen LogP contribution in [-0.2, 0) is 37.4 Å². The topological polar surface area (TPSA) is 111 Å². The maximum atomic E-state index is 13.3. The Balaban J connectivity index is 1.78. The fourth-order valence-electron chi connectivity index (χ4n) is 3.90. The van der Waals surface area contributed by atoms with Crippen LogP contribution >= 0.6 is 0 Å². The summed E-state index contributed by atoms with van der Waals surface area (Å²) in [6, 6.07) is 8.56. The first-order valence-corrected chi connectivity index (χ1v) is 15.2. The summed E-state index contributed by atoms with van der Waals surface area (Å²) in [5.74, 6) is -0.414. The van der Waals surface area contributed by atoms with Crippen LogP contribution in [0.25, 0.3) is 0 Å². The Morgan fingerprint density at radius 2 is 1.66 bits per heavy atom. The van der Waals surface area contributed by atoms with E-state index in [0.29, 0.717) is 18.8 Å². The van der Waals surface area contributed by atoms with Crippen LogP contribution in [-0.4, -0.2) is 47.9 Å². The van der Waals surface area contributed by atoms with E-state index in [9.17, 15) is 30.0 Å². The number of ether oxygens (including phenoxy) is 2. The molecule has 2 aromatic carbocycles. The number of hydrogen-bond acceptors (Lipinski definition) is 6. The number of halogens is 3. The van der Waals surface area contributed by atoms with Crippen molar-refractivity contribution in [2.75, 3.05) is 30.3 Å². The molecule has 212 valence electrons. The van der Waals surface area contributed by atoms with Gasteiger partial charge in [0.2, 0.25) is 20.0 Å². The van der Waals surface area contributed by atoms with E-state index >= 15 is 0 Å². The molecule has 0 atom stereocenters. The molecule has 1 aliphatic rings. The second-order valence-electron chi connectivity index (χ2n) is 10.2. The number of para-hydroxylation sites is 1. The highest BCUT2D eigenvalue weighted by Gasteiger charge is 2.32. The molecule has 1 heterocycles. The van der Waals surface area contributed by atoms with Crippen molar-refractivity contribution >= 4 is 25.7 Å². The summed E-state index contributed by atoms with van der Waals surface area (Å²) < 4.78 is 107. The van der Waals surface area contributed by atoms with Crippen molar-refractivity contribution in [3.05, 3.63) is 53.6 Å². The Morgan fingerprint density at radius 3 is 2.29 bits per heavy atom. The number of anilines is 1. The van der Waals surface area contributed by atoms with Gasteiger partial charge < -0.3 is 9.47 Å². The van der Waals surface area contributed by atoms with Crippen LogP contribution in [0.2, 0.25) is 0 Å². The molecule has 2 N–H and O–H groups in total. The van der Waals surface area contributed by atoms with Crippen LogP contribution < -0.4 is 14.2 Å². The van der Waals surface area contributed by atoms with Crippen molar-refractivity contribution in [3.63, 3.8) is 0 Å². The SMILES string of the molecule is CC(C)(C)NS(=O)(=O)c1ccccc1NS(=O)(=O)CCc1ccc(C(F)(F)F)cc1OCC1CCOCC1. The maximum absolute atomic E-state index is 13.3. The van der Waals surface area contributed by atoms with E-state index in [1.807, 2.05) is 0 Å². The molecule has 0 bridgehead atoms. The molecule has 0 aromatic heterocycles. The first-order valence-electron chi connectivity index (χ1n) is 12.1. The van der Waals surface area contributed by atoms with E-state index in [1.165, 1.54) is 30.3 Å². The predicted molar refractivity (Wildman–Crippen MR) is 138 cm³/mol. The molecule has 3 rings (SSSR count). The van der Waals surface area contributed by atoms with Crippen molar-refractivity contribution in [1.82, 2.24) is 4.72 Å². The Bertz CT molecular complexity index is 1320. The van der Waals surface area contributed by atoms with Gasteiger partial charge in [-0.2, -0.15) is 13.2 Å². The highest BCUT2D eigenvalue weighted by molar-refractivity contribution is 7.93. The van der Waals surface area contributed by atoms with Gasteiger partial charge in [-0.3, -0.25) is 4.72 Å². The lowest BCUT2D eigenvalue weighted by Gasteiger charge is -2.23. The van der Waals surface area contributed by atoms with E-state index in [4.69, 9.17) is 9.47 Å². The van der Waals surface area contributed by atoms with Crippen molar-refractivity contribution in [3.8, 4) is 5.75 Å². The third-order valence-electron chi connectivity index (χ3n) is 5.73. The van der Waals surface area contributed by atoms with Crippen LogP contribution in [0, 0.1) is 5.92 Å². The fourth-order valence-corrected chi connectivity index (χ4v) is 6.65. The number of benzene rings is 2. The van der Waals surface area contributed by atoms with Crippen molar-refractivity contribution in [2.24, 2.45) is 5.92 Å². The third kappa shape index (κ3) is 8.85. The van der Waals surface area contributed by atoms with Gasteiger partial charge in [-0.25, -0.2) is 21.6 Å². The van der Waals surface area contributed by atoms with Gasteiger partial charge in [-0.1, -0.05) is 18.2 Å². The standard InChI is InChI=1S/C25H33F3N2O6S2/c1-24(2,3)30-38(33,34)23-7-5-4-6-21(23)29-37(31,32)15-12-19-8-9-20(25(26,27)28)16-22(19)36-17-18-10-13-35-14-11-18/h4-9,16,18,29-30H,10-15,17H2,1-3H3. The van der Waals surface area contributed by atoms with Gasteiger partial charge in [0.1, 0.15) is 10.6 Å². The Kier molecular flexibility index (Phi) is 9.38. The number of alkyl halides is 3. The van der Waals surface area contributed by atoms with Crippen LogP contribution in [0.3, 0.4) is 0 Å². The van der Waals surface area contributed by atoms with Crippen LogP contribution in [0.5, 0.6) is 5.75 Å². The average molecular weight is 579 g/mol. The normalized spacial score (nSPS) is 15.8. The van der Waals surface area contributed by atoms with Crippen molar-refractivity contribution in [1.29, 1.82) is 0 Å². The van der Waals surface area contributed by atoms with Gasteiger partial charge in [0.15, 0.2) is 0 Å². The molecular formula is C25H33F3N2O6S2. The zero-order valence-corrected chi connectivity index (χ0v) is 23.1. The highest BCUT2D eigenvalue weighted by Crippen LogP contribution is 2.34. The lowest BCUT2D eigenvalue weighted by atomic mass is 10.0. The van der Waals surface area contributed by atoms with Crippen LogP contribution in [0.1, 0.15) is 44.7 Å². The zero-order chi connectivity index (χ0) is 28.2. The van der Waals surface area contributed by atoms with E-state index in [-0.39, 0.29) is 35.3 Å². The molecule has 1 fully saturated rings. The average Bonchev–Trinajstić information content (AvgIpc) is 2.80. The molecule has 1 saturated heterocycles. The number of hydrogen-bond donors (Lipinski definition) is 2. The molecule has 0 unspecified atom stereocenters. The highest BCUT2D eigenvalue weighted by atomic mass is 32.2. The monoisotopic (exact) mass is 578 g/mol. The minimum absolute atomic E-state index is 0.0288. The number of aryl methyl sites for hydroxylation is 1. The molecule has 1 aliphatic heterocycles. The summed E-state index contributed by atoms with van der Waals surface area (Å²) in [5.41, 5.74) is -1.53. The minimum atomic E-state index is -4.58. The summed E-state index contributed by atoms with van der Waals surface area (Å²) in [7, 11) is -8.13. The summed E-state index contributed by atoms with van der Waals surface area (Å²) in [5, 5.41) is 0. The third-order valence-corrected chi connectivity index (χ3v) is 8.82. The number of sulfonamides is 2. The molecule has 0 spiro atoms. The first-order chi connectivity index (χ1) is 17.6. The summed E-state index contributed by atoms with van der Waals surface area (Å²) >= 11 is 0. The largest absolute Gasteiger partial charge is 0.493 e. The minimum Gasteiger partial charge on any atom is -0.493 e. The zero-order valence-electron chi connectivity index (χ0n) is 21.5. The van der Waals surface area contributed by atoms with Gasteiger partial charge in [-0.05, 0) is 75.8 Å². The second kappa shape index (κ2) is 11.8. The van der Waals surface area contributed by atoms with Crippen LogP contribution in [0.4, 0.5) is 18.9 Å². The predicted octanol–water partition coefficient (Wildman–Crippen LogP) is 4.57. The van der Waals surface area contributed by atoms with Crippen LogP contribution in [0.15, 0.2) is 47.4 Å². The number of nitrogens with one attached hydrogen (secondary N) is 2. The van der Waals surface area contributed by atoms with Crippen molar-refractivity contribution < 1.29 is 39.5 Å². The molecule has 13 heteroatoms. The Labute approximate surface area is 222 Å². The van der Waals surface area contributed by atoms with E-state index in [2.05, 4.69) is 9.44 Å². The first kappa shape index (κ1) is 30.2. The summed E-state index contributed by atoms with van der Waals surface area (Å²) in [6.45, 7) is 6.26. The molecule has 0 aliphatic carbocycles. The Morgan fingerprint density at radius 1 is 1.00 bits per heavy atom. The molecule has 38 heavy (non-hydrogen) atoms. The molecule has 0 amide bonds. The van der Waals surface area contributed by atoms with Gasteiger partial charge in [-0.15, -0.1) is 0 Å². The van der Waals surface area contributed by atoms with Gasteiger partial charge in [0.25, 0.3) is 0 Å². The van der Waals surface area contributed by atoms with E-state index < -0.39 is 43.1 Å². The maximum Gasteiger partial charge on any atom is 0.416 e. The molecule has 0 saturated carbocycles. The summed E-state index contributed by atoms with van der Waals surface area (Å²) in [6.07, 6.45) is -3.29. The van der Waals surface area contributed by atoms with Gasteiger partial charge >= 0.3 is 6.18 Å². The Hall–Kier alpha value is -2.35. The van der Waals surface area contributed by atoms with Gasteiger partial charge in [0.05, 0.1) is 23.6 Å². The van der Waals surface area contributed by atoms with E-state index in [1.54, 1.807) is 20.8 Å². The number of rotatable bonds is 10. The van der Waals surface area contributed by atoms with Crippen molar-refractivity contribution in [2.45, 2.75) is 56.6 Å². The molecule has 8 nitrogen and oxygen atoms in total. The van der Waals surface area contributed by atoms with E-state index in [0.717, 1.165) is 25.0 Å². The summed E-state index contributed by atoms with van der Waals surface area (Å²) in [4.78, 5) is -0.242. The lowest BCUT2D eigenvalue weighted by Crippen LogP contribution is -2.40. The van der Waals surface area contributed by atoms with Gasteiger partial charge in [0, 0.05) is 18.8 Å². The smallest absolute Gasteiger partial charge is 0.416 e. The fraction of sp³-hybridized carbons (Fsp3) is 0.520. The molecular weight excluding hydrogens is 545 g/mol.